The van der Waals surface area contributed by atoms with Gasteiger partial charge in [0, 0.05) is 0 Å². The Morgan fingerprint density at radius 2 is 2.25 bits per heavy atom. The maximum absolute atomic E-state index is 4.73. The molecule has 1 N–H and O–H groups in total. The standard InChI is InChI=1S/C13H16N2S/c1-9-6-7-14-11(8-9)13-15-10-4-2-3-5-12(10)16-13/h2-5,9,11,14H,6-8H2,1H3. The predicted molar refractivity (Wildman–Crippen MR) is 68.8 cm³/mol. The molecule has 0 aliphatic carbocycles. The van der Waals surface area contributed by atoms with Gasteiger partial charge < -0.3 is 5.32 Å². The molecule has 1 fully saturated rings. The van der Waals surface area contributed by atoms with Crippen LogP contribution in [-0.2, 0) is 0 Å². The molecule has 1 aliphatic rings. The van der Waals surface area contributed by atoms with Crippen molar-refractivity contribution in [1.29, 1.82) is 0 Å². The molecule has 16 heavy (non-hydrogen) atoms. The van der Waals surface area contributed by atoms with Gasteiger partial charge in [-0.2, -0.15) is 0 Å². The van der Waals surface area contributed by atoms with Crippen molar-refractivity contribution in [3.05, 3.63) is 29.3 Å². The van der Waals surface area contributed by atoms with Crippen molar-refractivity contribution in [1.82, 2.24) is 10.3 Å². The van der Waals surface area contributed by atoms with E-state index in [1.54, 1.807) is 0 Å². The van der Waals surface area contributed by atoms with Crippen LogP contribution in [0.3, 0.4) is 0 Å². The molecule has 0 saturated carbocycles. The quantitative estimate of drug-likeness (QED) is 0.815. The number of nitrogens with zero attached hydrogens (tertiary/aromatic N) is 1. The van der Waals surface area contributed by atoms with Crippen molar-refractivity contribution >= 4 is 21.6 Å². The van der Waals surface area contributed by atoms with Gasteiger partial charge in [0.05, 0.1) is 16.3 Å². The van der Waals surface area contributed by atoms with E-state index in [9.17, 15) is 0 Å². The fraction of sp³-hybridized carbons (Fsp3) is 0.462. The molecular formula is C13H16N2S. The first-order valence-corrected chi connectivity index (χ1v) is 6.73. The lowest BCUT2D eigenvalue weighted by atomic mass is 9.95. The van der Waals surface area contributed by atoms with Gasteiger partial charge in [0.1, 0.15) is 5.01 Å². The summed E-state index contributed by atoms with van der Waals surface area (Å²) in [5, 5.41) is 4.83. The second-order valence-corrected chi connectivity index (χ2v) is 5.72. The fourth-order valence-electron chi connectivity index (χ4n) is 2.33. The average molecular weight is 232 g/mol. The highest BCUT2D eigenvalue weighted by Gasteiger charge is 2.22. The number of para-hydroxylation sites is 1. The number of thiazole rings is 1. The highest BCUT2D eigenvalue weighted by molar-refractivity contribution is 7.18. The number of fused-ring (bicyclic) bond motifs is 1. The van der Waals surface area contributed by atoms with Gasteiger partial charge in [-0.05, 0) is 37.4 Å². The zero-order valence-corrected chi connectivity index (χ0v) is 10.3. The summed E-state index contributed by atoms with van der Waals surface area (Å²) < 4.78 is 1.30. The summed E-state index contributed by atoms with van der Waals surface area (Å²) in [6, 6.07) is 8.87. The normalized spacial score (nSPS) is 26.1. The van der Waals surface area contributed by atoms with E-state index in [-0.39, 0.29) is 0 Å². The summed E-state index contributed by atoms with van der Waals surface area (Å²) in [6.45, 7) is 3.46. The molecule has 3 heteroatoms. The Morgan fingerprint density at radius 1 is 1.38 bits per heavy atom. The van der Waals surface area contributed by atoms with E-state index in [1.807, 2.05) is 11.3 Å². The first-order chi connectivity index (χ1) is 7.83. The lowest BCUT2D eigenvalue weighted by Gasteiger charge is -2.26. The van der Waals surface area contributed by atoms with Crippen LogP contribution in [0.15, 0.2) is 24.3 Å². The Bertz CT molecular complexity index is 458. The molecule has 0 bridgehead atoms. The molecule has 2 aromatic rings. The van der Waals surface area contributed by atoms with Crippen LogP contribution in [-0.4, -0.2) is 11.5 Å². The van der Waals surface area contributed by atoms with Gasteiger partial charge >= 0.3 is 0 Å². The van der Waals surface area contributed by atoms with Crippen LogP contribution in [0.2, 0.25) is 0 Å². The SMILES string of the molecule is CC1CCNC(c2nc3ccccc3s2)C1. The van der Waals surface area contributed by atoms with Crippen LogP contribution in [0.4, 0.5) is 0 Å². The first-order valence-electron chi connectivity index (χ1n) is 5.92. The van der Waals surface area contributed by atoms with Crippen molar-refractivity contribution in [2.75, 3.05) is 6.54 Å². The Kier molecular flexibility index (Phi) is 2.65. The molecule has 2 unspecified atom stereocenters. The van der Waals surface area contributed by atoms with Crippen LogP contribution >= 0.6 is 11.3 Å². The summed E-state index contributed by atoms with van der Waals surface area (Å²) in [6.07, 6.45) is 2.52. The molecule has 0 radical (unpaired) electrons. The molecule has 1 aromatic heterocycles. The molecule has 1 aliphatic heterocycles. The topological polar surface area (TPSA) is 24.9 Å². The van der Waals surface area contributed by atoms with Gasteiger partial charge in [0.25, 0.3) is 0 Å². The van der Waals surface area contributed by atoms with Crippen LogP contribution in [0.5, 0.6) is 0 Å². The number of aromatic nitrogens is 1. The summed E-state index contributed by atoms with van der Waals surface area (Å²) in [4.78, 5) is 4.73. The number of nitrogens with one attached hydrogen (secondary N) is 1. The minimum Gasteiger partial charge on any atom is -0.308 e. The molecule has 0 amide bonds. The number of piperidine rings is 1. The number of rotatable bonds is 1. The smallest absolute Gasteiger partial charge is 0.111 e. The van der Waals surface area contributed by atoms with Crippen molar-refractivity contribution in [3.63, 3.8) is 0 Å². The van der Waals surface area contributed by atoms with E-state index in [0.29, 0.717) is 6.04 Å². The van der Waals surface area contributed by atoms with Crippen LogP contribution < -0.4 is 5.32 Å². The Labute approximate surface area is 99.7 Å². The molecule has 2 heterocycles. The molecule has 1 aromatic carbocycles. The summed E-state index contributed by atoms with van der Waals surface area (Å²) in [5.74, 6) is 0.818. The fourth-order valence-corrected chi connectivity index (χ4v) is 3.39. The first kappa shape index (κ1) is 10.2. The van der Waals surface area contributed by atoms with Crippen LogP contribution in [0.1, 0.15) is 30.8 Å². The maximum Gasteiger partial charge on any atom is 0.111 e. The predicted octanol–water partition coefficient (Wildman–Crippen LogP) is 3.36. The molecule has 2 nitrogen and oxygen atoms in total. The molecule has 84 valence electrons. The lowest BCUT2D eigenvalue weighted by Crippen LogP contribution is -2.30. The van der Waals surface area contributed by atoms with E-state index in [0.717, 1.165) is 18.0 Å². The third kappa shape index (κ3) is 1.85. The van der Waals surface area contributed by atoms with Crippen LogP contribution in [0.25, 0.3) is 10.2 Å². The molecule has 1 saturated heterocycles. The monoisotopic (exact) mass is 232 g/mol. The van der Waals surface area contributed by atoms with E-state index in [1.165, 1.54) is 22.5 Å². The maximum atomic E-state index is 4.73. The van der Waals surface area contributed by atoms with Crippen molar-refractivity contribution in [3.8, 4) is 0 Å². The van der Waals surface area contributed by atoms with Crippen LogP contribution in [0, 0.1) is 5.92 Å². The Morgan fingerprint density at radius 3 is 3.06 bits per heavy atom. The van der Waals surface area contributed by atoms with Gasteiger partial charge in [-0.15, -0.1) is 11.3 Å². The summed E-state index contributed by atoms with van der Waals surface area (Å²) in [5.41, 5.74) is 1.14. The summed E-state index contributed by atoms with van der Waals surface area (Å²) >= 11 is 1.83. The largest absolute Gasteiger partial charge is 0.308 e. The second kappa shape index (κ2) is 4.15. The van der Waals surface area contributed by atoms with Crippen molar-refractivity contribution < 1.29 is 0 Å². The van der Waals surface area contributed by atoms with Gasteiger partial charge in [-0.1, -0.05) is 19.1 Å². The summed E-state index contributed by atoms with van der Waals surface area (Å²) in [7, 11) is 0. The molecule has 2 atom stereocenters. The van der Waals surface area contributed by atoms with Gasteiger partial charge in [-0.25, -0.2) is 4.98 Å². The lowest BCUT2D eigenvalue weighted by molar-refractivity contribution is 0.325. The Balaban J connectivity index is 1.93. The van der Waals surface area contributed by atoms with E-state index < -0.39 is 0 Å². The van der Waals surface area contributed by atoms with E-state index in [2.05, 4.69) is 36.5 Å². The third-order valence-corrected chi connectivity index (χ3v) is 4.42. The van der Waals surface area contributed by atoms with Gasteiger partial charge in [0.2, 0.25) is 0 Å². The minimum absolute atomic E-state index is 0.473. The number of hydrogen-bond acceptors (Lipinski definition) is 3. The number of hydrogen-bond donors (Lipinski definition) is 1. The molecule has 3 rings (SSSR count). The van der Waals surface area contributed by atoms with Crippen molar-refractivity contribution in [2.24, 2.45) is 5.92 Å². The molecule has 0 spiro atoms. The third-order valence-electron chi connectivity index (χ3n) is 3.27. The van der Waals surface area contributed by atoms with E-state index in [4.69, 9.17) is 4.98 Å². The van der Waals surface area contributed by atoms with Gasteiger partial charge in [0.15, 0.2) is 0 Å². The second-order valence-electron chi connectivity index (χ2n) is 4.66. The number of benzene rings is 1. The van der Waals surface area contributed by atoms with E-state index >= 15 is 0 Å². The highest BCUT2D eigenvalue weighted by Crippen LogP contribution is 2.32. The average Bonchev–Trinajstić information content (AvgIpc) is 2.72. The zero-order valence-electron chi connectivity index (χ0n) is 9.44. The van der Waals surface area contributed by atoms with Gasteiger partial charge in [-0.3, -0.25) is 0 Å². The molecular weight excluding hydrogens is 216 g/mol. The zero-order chi connectivity index (χ0) is 11.0. The Hall–Kier alpha value is -0.930. The highest BCUT2D eigenvalue weighted by atomic mass is 32.1. The van der Waals surface area contributed by atoms with Crippen molar-refractivity contribution in [2.45, 2.75) is 25.8 Å². The minimum atomic E-state index is 0.473.